The zero-order chi connectivity index (χ0) is 21.4. The van der Waals surface area contributed by atoms with E-state index in [0.29, 0.717) is 18.3 Å². The van der Waals surface area contributed by atoms with Crippen LogP contribution in [-0.4, -0.2) is 49.4 Å². The predicted octanol–water partition coefficient (Wildman–Crippen LogP) is 3.45. The van der Waals surface area contributed by atoms with E-state index in [2.05, 4.69) is 19.9 Å². The Morgan fingerprint density at radius 2 is 1.94 bits per heavy atom. The SMILES string of the molecule is Cc1cnc(O[C@@H]2C[C@H]3CC[C@@H]2N(C(=O)c2cccc(F)c2-c2ncccn2)C3)cn1. The number of hydrogen-bond donors (Lipinski definition) is 0. The fourth-order valence-electron chi connectivity index (χ4n) is 4.60. The number of rotatable bonds is 4. The summed E-state index contributed by atoms with van der Waals surface area (Å²) in [5.41, 5.74) is 1.22. The van der Waals surface area contributed by atoms with E-state index in [0.717, 1.165) is 25.0 Å². The number of piperidine rings is 2. The smallest absolute Gasteiger partial charge is 0.255 e. The Kier molecular flexibility index (Phi) is 5.05. The first-order valence-electron chi connectivity index (χ1n) is 10.4. The number of carbonyl (C=O) groups is 1. The second-order valence-electron chi connectivity index (χ2n) is 8.09. The molecule has 2 aromatic heterocycles. The molecule has 6 rings (SSSR count). The quantitative estimate of drug-likeness (QED) is 0.644. The minimum Gasteiger partial charge on any atom is -0.471 e. The van der Waals surface area contributed by atoms with Gasteiger partial charge in [0.1, 0.15) is 11.9 Å². The number of halogens is 1. The van der Waals surface area contributed by atoms with Crippen molar-refractivity contribution in [3.05, 3.63) is 66.1 Å². The molecule has 4 heterocycles. The molecule has 1 saturated carbocycles. The summed E-state index contributed by atoms with van der Waals surface area (Å²) >= 11 is 0. The molecule has 2 saturated heterocycles. The molecule has 3 atom stereocenters. The number of carbonyl (C=O) groups excluding carboxylic acids is 1. The molecule has 0 N–H and O–H groups in total. The van der Waals surface area contributed by atoms with E-state index in [1.165, 1.54) is 6.07 Å². The van der Waals surface area contributed by atoms with E-state index in [1.807, 2.05) is 11.8 Å². The van der Waals surface area contributed by atoms with E-state index in [4.69, 9.17) is 4.74 Å². The highest BCUT2D eigenvalue weighted by Gasteiger charge is 2.45. The van der Waals surface area contributed by atoms with E-state index < -0.39 is 5.82 Å². The van der Waals surface area contributed by atoms with Gasteiger partial charge < -0.3 is 9.64 Å². The maximum Gasteiger partial charge on any atom is 0.255 e. The van der Waals surface area contributed by atoms with Crippen LogP contribution in [0.1, 0.15) is 35.3 Å². The summed E-state index contributed by atoms with van der Waals surface area (Å²) in [6.45, 7) is 2.50. The highest BCUT2D eigenvalue weighted by atomic mass is 19.1. The average Bonchev–Trinajstić information content (AvgIpc) is 2.81. The van der Waals surface area contributed by atoms with Crippen LogP contribution in [0.3, 0.4) is 0 Å². The van der Waals surface area contributed by atoms with Gasteiger partial charge in [0.2, 0.25) is 5.88 Å². The molecule has 8 heteroatoms. The molecule has 3 fully saturated rings. The van der Waals surface area contributed by atoms with E-state index in [-0.39, 0.29) is 35.0 Å². The lowest BCUT2D eigenvalue weighted by Gasteiger charge is -2.49. The molecule has 158 valence electrons. The molecule has 3 aliphatic rings. The van der Waals surface area contributed by atoms with E-state index in [1.54, 1.807) is 43.0 Å². The number of aryl methyl sites for hydroxylation is 1. The summed E-state index contributed by atoms with van der Waals surface area (Å²) in [5, 5.41) is 0. The van der Waals surface area contributed by atoms with Crippen molar-refractivity contribution in [2.75, 3.05) is 6.54 Å². The second-order valence-corrected chi connectivity index (χ2v) is 8.09. The highest BCUT2D eigenvalue weighted by Crippen LogP contribution is 2.38. The summed E-state index contributed by atoms with van der Waals surface area (Å²) in [4.78, 5) is 32.3. The van der Waals surface area contributed by atoms with Crippen LogP contribution in [0.5, 0.6) is 5.88 Å². The lowest BCUT2D eigenvalue weighted by molar-refractivity contribution is -0.0314. The van der Waals surface area contributed by atoms with Crippen LogP contribution < -0.4 is 4.74 Å². The first-order valence-corrected chi connectivity index (χ1v) is 10.4. The molecule has 0 spiro atoms. The Balaban J connectivity index is 1.45. The van der Waals surface area contributed by atoms with Crippen molar-refractivity contribution in [2.45, 2.75) is 38.3 Å². The third-order valence-electron chi connectivity index (χ3n) is 6.04. The van der Waals surface area contributed by atoms with E-state index >= 15 is 0 Å². The summed E-state index contributed by atoms with van der Waals surface area (Å²) < 4.78 is 20.9. The van der Waals surface area contributed by atoms with Gasteiger partial charge in [-0.05, 0) is 50.3 Å². The van der Waals surface area contributed by atoms with Gasteiger partial charge in [-0.3, -0.25) is 9.78 Å². The molecule has 1 aliphatic carbocycles. The highest BCUT2D eigenvalue weighted by molar-refractivity contribution is 6.00. The summed E-state index contributed by atoms with van der Waals surface area (Å²) in [6, 6.07) is 6.07. The number of amides is 1. The maximum absolute atomic E-state index is 14.8. The minimum atomic E-state index is -0.512. The number of nitrogens with zero attached hydrogens (tertiary/aromatic N) is 5. The predicted molar refractivity (Wildman–Crippen MR) is 111 cm³/mol. The van der Waals surface area contributed by atoms with Crippen LogP contribution in [0, 0.1) is 18.7 Å². The first kappa shape index (κ1) is 19.5. The fourth-order valence-corrected chi connectivity index (χ4v) is 4.60. The molecule has 1 aromatic carbocycles. The average molecular weight is 419 g/mol. The topological polar surface area (TPSA) is 81.1 Å². The number of fused-ring (bicyclic) bond motifs is 3. The lowest BCUT2D eigenvalue weighted by atomic mass is 9.77. The molecule has 0 radical (unpaired) electrons. The molecule has 1 amide bonds. The van der Waals surface area contributed by atoms with Gasteiger partial charge >= 0.3 is 0 Å². The van der Waals surface area contributed by atoms with Gasteiger partial charge in [0.25, 0.3) is 5.91 Å². The van der Waals surface area contributed by atoms with Crippen molar-refractivity contribution >= 4 is 5.91 Å². The molecular weight excluding hydrogens is 397 g/mol. The molecular formula is C23H22FN5O2. The van der Waals surface area contributed by atoms with Gasteiger partial charge in [0.15, 0.2) is 5.82 Å². The number of aromatic nitrogens is 4. The third-order valence-corrected chi connectivity index (χ3v) is 6.04. The zero-order valence-corrected chi connectivity index (χ0v) is 17.1. The van der Waals surface area contributed by atoms with Gasteiger partial charge in [-0.1, -0.05) is 6.07 Å². The second kappa shape index (κ2) is 8.02. The molecule has 3 aromatic rings. The van der Waals surface area contributed by atoms with Crippen molar-refractivity contribution in [2.24, 2.45) is 5.92 Å². The number of ether oxygens (including phenoxy) is 1. The summed E-state index contributed by atoms with van der Waals surface area (Å²) in [6.07, 6.45) is 8.94. The monoisotopic (exact) mass is 419 g/mol. The van der Waals surface area contributed by atoms with Crippen molar-refractivity contribution < 1.29 is 13.9 Å². The van der Waals surface area contributed by atoms with Crippen LogP contribution in [0.4, 0.5) is 4.39 Å². The molecule has 0 unspecified atom stereocenters. The van der Waals surface area contributed by atoms with Crippen molar-refractivity contribution in [3.63, 3.8) is 0 Å². The lowest BCUT2D eigenvalue weighted by Crippen LogP contribution is -2.59. The van der Waals surface area contributed by atoms with Gasteiger partial charge in [-0.2, -0.15) is 0 Å². The minimum absolute atomic E-state index is 0.103. The molecule has 2 bridgehead atoms. The summed E-state index contributed by atoms with van der Waals surface area (Å²) in [5.74, 6) is 0.262. The Bertz CT molecular complexity index is 1090. The van der Waals surface area contributed by atoms with Gasteiger partial charge in [0, 0.05) is 18.9 Å². The Morgan fingerprint density at radius 1 is 1.10 bits per heavy atom. The first-order chi connectivity index (χ1) is 15.1. The standard InChI is InChI=1S/C23H22FN5O2/c1-14-11-28-20(12-27-14)31-19-10-15-6-7-18(19)29(13-15)23(30)16-4-2-5-17(24)21(16)22-25-8-3-9-26-22/h2-5,8-9,11-12,15,18-19H,6-7,10,13H2,1H3/t15-,18+,19-/m1/s1. The zero-order valence-electron chi connectivity index (χ0n) is 17.1. The van der Waals surface area contributed by atoms with Gasteiger partial charge in [0.05, 0.1) is 35.3 Å². The molecule has 7 nitrogen and oxygen atoms in total. The van der Waals surface area contributed by atoms with Crippen molar-refractivity contribution in [1.29, 1.82) is 0 Å². The van der Waals surface area contributed by atoms with Crippen LogP contribution in [0.15, 0.2) is 49.1 Å². The number of hydrogen-bond acceptors (Lipinski definition) is 6. The summed E-state index contributed by atoms with van der Waals surface area (Å²) in [7, 11) is 0. The maximum atomic E-state index is 14.8. The van der Waals surface area contributed by atoms with Crippen LogP contribution in [0.2, 0.25) is 0 Å². The van der Waals surface area contributed by atoms with Gasteiger partial charge in [-0.15, -0.1) is 0 Å². The van der Waals surface area contributed by atoms with Gasteiger partial charge in [-0.25, -0.2) is 19.3 Å². The normalized spacial score (nSPS) is 22.4. The van der Waals surface area contributed by atoms with Crippen LogP contribution >= 0.6 is 0 Å². The Labute approximate surface area is 179 Å². The largest absolute Gasteiger partial charge is 0.471 e. The molecule has 31 heavy (non-hydrogen) atoms. The van der Waals surface area contributed by atoms with Crippen molar-refractivity contribution in [1.82, 2.24) is 24.8 Å². The fraction of sp³-hybridized carbons (Fsp3) is 0.348. The Hall–Kier alpha value is -3.42. The van der Waals surface area contributed by atoms with Crippen molar-refractivity contribution in [3.8, 4) is 17.3 Å². The Morgan fingerprint density at radius 3 is 2.68 bits per heavy atom. The van der Waals surface area contributed by atoms with Crippen LogP contribution in [-0.2, 0) is 0 Å². The molecule has 2 aliphatic heterocycles. The van der Waals surface area contributed by atoms with E-state index in [9.17, 15) is 9.18 Å². The van der Waals surface area contributed by atoms with Crippen LogP contribution in [0.25, 0.3) is 11.4 Å². The number of benzene rings is 1. The third kappa shape index (κ3) is 3.73.